The minimum atomic E-state index is -0.105. The van der Waals surface area contributed by atoms with E-state index in [1.165, 1.54) is 5.56 Å². The molecular formula is C14H18N2O. The van der Waals surface area contributed by atoms with Crippen LogP contribution in [0.25, 0.3) is 0 Å². The summed E-state index contributed by atoms with van der Waals surface area (Å²) in [6, 6.07) is 8.26. The van der Waals surface area contributed by atoms with Gasteiger partial charge in [-0.3, -0.25) is 4.79 Å². The summed E-state index contributed by atoms with van der Waals surface area (Å²) in [7, 11) is 1.92. The van der Waals surface area contributed by atoms with Gasteiger partial charge < -0.3 is 10.2 Å². The van der Waals surface area contributed by atoms with Gasteiger partial charge in [-0.2, -0.15) is 0 Å². The van der Waals surface area contributed by atoms with Crippen LogP contribution in [0.2, 0.25) is 0 Å². The van der Waals surface area contributed by atoms with E-state index < -0.39 is 0 Å². The van der Waals surface area contributed by atoms with Gasteiger partial charge in [0, 0.05) is 18.8 Å². The Labute approximate surface area is 102 Å². The Morgan fingerprint density at radius 1 is 1.41 bits per heavy atom. The van der Waals surface area contributed by atoms with Crippen molar-refractivity contribution in [3.63, 3.8) is 0 Å². The number of fused-ring (bicyclic) bond motifs is 1. The highest BCUT2D eigenvalue weighted by molar-refractivity contribution is 6.01. The van der Waals surface area contributed by atoms with Gasteiger partial charge in [0.1, 0.15) is 0 Å². The maximum atomic E-state index is 12.6. The molecule has 1 heterocycles. The number of anilines is 1. The number of rotatable bonds is 3. The van der Waals surface area contributed by atoms with Crippen LogP contribution >= 0.6 is 0 Å². The molecule has 2 aliphatic rings. The second kappa shape index (κ2) is 3.84. The molecule has 3 heteroatoms. The van der Waals surface area contributed by atoms with E-state index in [1.54, 1.807) is 0 Å². The van der Waals surface area contributed by atoms with Gasteiger partial charge in [0.2, 0.25) is 5.91 Å². The lowest BCUT2D eigenvalue weighted by Gasteiger charge is -2.23. The summed E-state index contributed by atoms with van der Waals surface area (Å²) in [5.74, 6) is 0.316. The van der Waals surface area contributed by atoms with Crippen LogP contribution in [0, 0.1) is 5.41 Å². The molecule has 1 N–H and O–H groups in total. The highest BCUT2D eigenvalue weighted by Gasteiger charge is 2.51. The summed E-state index contributed by atoms with van der Waals surface area (Å²) in [5, 5.41) is 3.15. The molecule has 1 saturated carbocycles. The van der Waals surface area contributed by atoms with E-state index in [0.29, 0.717) is 5.91 Å². The average Bonchev–Trinajstić information content (AvgIpc) is 3.01. The number of hydrogen-bond acceptors (Lipinski definition) is 2. The summed E-state index contributed by atoms with van der Waals surface area (Å²) in [4.78, 5) is 14.6. The molecule has 0 unspecified atom stereocenters. The first-order valence-electron chi connectivity index (χ1n) is 6.31. The van der Waals surface area contributed by atoms with Gasteiger partial charge in [-0.05, 0) is 37.9 Å². The van der Waals surface area contributed by atoms with Gasteiger partial charge >= 0.3 is 0 Å². The molecule has 17 heavy (non-hydrogen) atoms. The van der Waals surface area contributed by atoms with E-state index in [4.69, 9.17) is 0 Å². The Hall–Kier alpha value is -1.35. The monoisotopic (exact) mass is 230 g/mol. The molecule has 0 spiro atoms. The smallest absolute Gasteiger partial charge is 0.234 e. The van der Waals surface area contributed by atoms with Crippen molar-refractivity contribution >= 4 is 11.6 Å². The highest BCUT2D eigenvalue weighted by atomic mass is 16.2. The molecule has 0 aromatic heterocycles. The van der Waals surface area contributed by atoms with Crippen LogP contribution in [0.3, 0.4) is 0 Å². The fraction of sp³-hybridized carbons (Fsp3) is 0.500. The van der Waals surface area contributed by atoms with Crippen molar-refractivity contribution in [1.29, 1.82) is 0 Å². The van der Waals surface area contributed by atoms with Crippen LogP contribution in [0.5, 0.6) is 0 Å². The maximum Gasteiger partial charge on any atom is 0.234 e. The summed E-state index contributed by atoms with van der Waals surface area (Å²) >= 11 is 0. The zero-order valence-electron chi connectivity index (χ0n) is 10.2. The van der Waals surface area contributed by atoms with Crippen LogP contribution < -0.4 is 10.2 Å². The summed E-state index contributed by atoms with van der Waals surface area (Å²) in [6.07, 6.45) is 3.06. The molecule has 0 atom stereocenters. The quantitative estimate of drug-likeness (QED) is 0.855. The molecule has 1 aromatic carbocycles. The third-order valence-electron chi connectivity index (χ3n) is 3.95. The maximum absolute atomic E-state index is 12.6. The Morgan fingerprint density at radius 2 is 2.18 bits per heavy atom. The number of benzene rings is 1. The zero-order chi connectivity index (χ0) is 11.9. The standard InChI is InChI=1S/C14H18N2O/c1-15-10-14(7-8-14)13(17)16-9-6-11-4-2-3-5-12(11)16/h2-5,15H,6-10H2,1H3. The molecular weight excluding hydrogens is 212 g/mol. The normalized spacial score (nSPS) is 20.2. The summed E-state index contributed by atoms with van der Waals surface area (Å²) in [6.45, 7) is 1.66. The number of carbonyl (C=O) groups is 1. The Morgan fingerprint density at radius 3 is 2.88 bits per heavy atom. The van der Waals surface area contributed by atoms with Crippen molar-refractivity contribution < 1.29 is 4.79 Å². The van der Waals surface area contributed by atoms with Gasteiger partial charge in [-0.25, -0.2) is 0 Å². The molecule has 1 aliphatic heterocycles. The third-order valence-corrected chi connectivity index (χ3v) is 3.95. The third kappa shape index (κ3) is 1.65. The molecule has 90 valence electrons. The molecule has 0 bridgehead atoms. The first-order chi connectivity index (χ1) is 8.27. The molecule has 3 nitrogen and oxygen atoms in total. The first kappa shape index (κ1) is 10.8. The van der Waals surface area contributed by atoms with E-state index in [0.717, 1.165) is 38.0 Å². The number of carbonyl (C=O) groups excluding carboxylic acids is 1. The Kier molecular flexibility index (Phi) is 2.44. The lowest BCUT2D eigenvalue weighted by Crippen LogP contribution is -2.40. The molecule has 0 radical (unpaired) electrons. The first-order valence-corrected chi connectivity index (χ1v) is 6.31. The Bertz CT molecular complexity index is 451. The van der Waals surface area contributed by atoms with Crippen molar-refractivity contribution in [2.45, 2.75) is 19.3 Å². The highest BCUT2D eigenvalue weighted by Crippen LogP contribution is 2.48. The van der Waals surface area contributed by atoms with E-state index in [1.807, 2.05) is 24.1 Å². The van der Waals surface area contributed by atoms with Gasteiger partial charge in [-0.15, -0.1) is 0 Å². The van der Waals surface area contributed by atoms with E-state index in [2.05, 4.69) is 17.4 Å². The second-order valence-electron chi connectivity index (χ2n) is 5.15. The number of nitrogens with one attached hydrogen (secondary N) is 1. The number of nitrogens with zero attached hydrogens (tertiary/aromatic N) is 1. The molecule has 1 amide bonds. The largest absolute Gasteiger partial charge is 0.319 e. The lowest BCUT2D eigenvalue weighted by atomic mass is 10.1. The van der Waals surface area contributed by atoms with E-state index in [9.17, 15) is 4.79 Å². The summed E-state index contributed by atoms with van der Waals surface area (Å²) < 4.78 is 0. The van der Waals surface area contributed by atoms with Crippen molar-refractivity contribution in [3.8, 4) is 0 Å². The minimum Gasteiger partial charge on any atom is -0.319 e. The lowest BCUT2D eigenvalue weighted by molar-refractivity contribution is -0.123. The molecule has 1 aliphatic carbocycles. The van der Waals surface area contributed by atoms with Gasteiger partial charge in [-0.1, -0.05) is 18.2 Å². The SMILES string of the molecule is CNCC1(C(=O)N2CCc3ccccc32)CC1. The van der Waals surface area contributed by atoms with Crippen LogP contribution in [0.1, 0.15) is 18.4 Å². The number of amides is 1. The molecule has 1 fully saturated rings. The number of para-hydroxylation sites is 1. The van der Waals surface area contributed by atoms with Crippen LogP contribution in [-0.2, 0) is 11.2 Å². The van der Waals surface area contributed by atoms with Crippen molar-refractivity contribution in [2.75, 3.05) is 25.0 Å². The van der Waals surface area contributed by atoms with Gasteiger partial charge in [0.15, 0.2) is 0 Å². The molecule has 1 aromatic rings. The van der Waals surface area contributed by atoms with E-state index >= 15 is 0 Å². The predicted molar refractivity (Wildman–Crippen MR) is 68.1 cm³/mol. The van der Waals surface area contributed by atoms with Gasteiger partial charge in [0.25, 0.3) is 0 Å². The van der Waals surface area contributed by atoms with Crippen molar-refractivity contribution in [1.82, 2.24) is 5.32 Å². The number of hydrogen-bond donors (Lipinski definition) is 1. The summed E-state index contributed by atoms with van der Waals surface area (Å²) in [5.41, 5.74) is 2.33. The predicted octanol–water partition coefficient (Wildman–Crippen LogP) is 1.58. The average molecular weight is 230 g/mol. The van der Waals surface area contributed by atoms with Crippen LogP contribution in [-0.4, -0.2) is 26.0 Å². The minimum absolute atomic E-state index is 0.105. The fourth-order valence-corrected chi connectivity index (χ4v) is 2.79. The molecule has 0 saturated heterocycles. The Balaban J connectivity index is 1.85. The zero-order valence-corrected chi connectivity index (χ0v) is 10.2. The fourth-order valence-electron chi connectivity index (χ4n) is 2.79. The topological polar surface area (TPSA) is 32.3 Å². The van der Waals surface area contributed by atoms with Crippen LogP contribution in [0.15, 0.2) is 24.3 Å². The van der Waals surface area contributed by atoms with Gasteiger partial charge in [0.05, 0.1) is 5.41 Å². The van der Waals surface area contributed by atoms with E-state index in [-0.39, 0.29) is 5.41 Å². The molecule has 3 rings (SSSR count). The van der Waals surface area contributed by atoms with Crippen molar-refractivity contribution in [3.05, 3.63) is 29.8 Å². The van der Waals surface area contributed by atoms with Crippen LogP contribution in [0.4, 0.5) is 5.69 Å². The second-order valence-corrected chi connectivity index (χ2v) is 5.15. The van der Waals surface area contributed by atoms with Crippen molar-refractivity contribution in [2.24, 2.45) is 5.41 Å².